The number of carbonyl (C=O) groups is 2. The number of aryl methyl sites for hydroxylation is 2. The molecule has 0 bridgehead atoms. The topological polar surface area (TPSA) is 75.5 Å². The molecule has 1 aromatic carbocycles. The van der Waals surface area contributed by atoms with Crippen molar-refractivity contribution in [3.63, 3.8) is 0 Å². The Morgan fingerprint density at radius 1 is 1.07 bits per heavy atom. The Bertz CT molecular complexity index is 1100. The standard InChI is InChI=1S/C22H22N4O2/c1-13-2-9-20-23-11-19(26(20)12-13)22(28)25-18-8-4-14-10-15(3-7-17(14)18)21(27)24-16-5-6-16/h2-3,7,9-12,16,18H,4-6,8H2,1H3,(H,24,27)(H,25,28)/t18-/m1/s1. The largest absolute Gasteiger partial charge is 0.349 e. The van der Waals surface area contributed by atoms with E-state index in [1.54, 1.807) is 6.20 Å². The Hall–Kier alpha value is -3.15. The average molecular weight is 374 g/mol. The van der Waals surface area contributed by atoms with Crippen LogP contribution >= 0.6 is 0 Å². The summed E-state index contributed by atoms with van der Waals surface area (Å²) in [6.07, 6.45) is 7.39. The Kier molecular flexibility index (Phi) is 3.93. The van der Waals surface area contributed by atoms with Crippen LogP contribution in [0, 0.1) is 6.92 Å². The number of pyridine rings is 1. The normalized spacial score (nSPS) is 18.1. The molecule has 3 aromatic rings. The van der Waals surface area contributed by atoms with Gasteiger partial charge < -0.3 is 10.6 Å². The number of benzene rings is 1. The average Bonchev–Trinajstić information content (AvgIpc) is 3.26. The first-order valence-electron chi connectivity index (χ1n) is 9.77. The molecule has 1 atom stereocenters. The monoisotopic (exact) mass is 374 g/mol. The maximum absolute atomic E-state index is 12.9. The molecule has 2 amide bonds. The molecule has 1 fully saturated rings. The Morgan fingerprint density at radius 3 is 2.75 bits per heavy atom. The van der Waals surface area contributed by atoms with E-state index in [2.05, 4.69) is 15.6 Å². The van der Waals surface area contributed by atoms with Gasteiger partial charge in [-0.05, 0) is 67.5 Å². The lowest BCUT2D eigenvalue weighted by Gasteiger charge is -2.14. The summed E-state index contributed by atoms with van der Waals surface area (Å²) in [7, 11) is 0. The zero-order chi connectivity index (χ0) is 19.3. The Balaban J connectivity index is 1.35. The predicted octanol–water partition coefficient (Wildman–Crippen LogP) is 2.95. The summed E-state index contributed by atoms with van der Waals surface area (Å²) < 4.78 is 1.83. The third-order valence-corrected chi connectivity index (χ3v) is 5.59. The molecule has 6 nitrogen and oxygen atoms in total. The molecule has 2 aromatic heterocycles. The molecule has 2 aliphatic carbocycles. The van der Waals surface area contributed by atoms with Crippen molar-refractivity contribution in [2.45, 2.75) is 44.7 Å². The first kappa shape index (κ1) is 17.0. The molecule has 28 heavy (non-hydrogen) atoms. The quantitative estimate of drug-likeness (QED) is 0.737. The van der Waals surface area contributed by atoms with Crippen LogP contribution < -0.4 is 10.6 Å². The van der Waals surface area contributed by atoms with E-state index in [4.69, 9.17) is 0 Å². The number of nitrogens with one attached hydrogen (secondary N) is 2. The van der Waals surface area contributed by atoms with E-state index in [0.717, 1.165) is 48.0 Å². The van der Waals surface area contributed by atoms with Crippen LogP contribution in [0.5, 0.6) is 0 Å². The molecule has 2 aliphatic rings. The highest BCUT2D eigenvalue weighted by Crippen LogP contribution is 2.32. The number of carbonyl (C=O) groups excluding carboxylic acids is 2. The number of aromatic nitrogens is 2. The molecule has 0 spiro atoms. The van der Waals surface area contributed by atoms with E-state index in [-0.39, 0.29) is 17.9 Å². The minimum absolute atomic E-state index is 0.00103. The van der Waals surface area contributed by atoms with Crippen LogP contribution in [0.2, 0.25) is 0 Å². The molecule has 0 unspecified atom stereocenters. The molecular formula is C22H22N4O2. The third kappa shape index (κ3) is 3.05. The molecule has 0 aliphatic heterocycles. The second-order valence-electron chi connectivity index (χ2n) is 7.80. The van der Waals surface area contributed by atoms with Gasteiger partial charge in [-0.1, -0.05) is 12.1 Å². The number of amides is 2. The van der Waals surface area contributed by atoms with Crippen LogP contribution in [0.1, 0.15) is 62.8 Å². The fourth-order valence-electron chi connectivity index (χ4n) is 3.89. The van der Waals surface area contributed by atoms with Crippen molar-refractivity contribution in [2.75, 3.05) is 0 Å². The van der Waals surface area contributed by atoms with Gasteiger partial charge >= 0.3 is 0 Å². The van der Waals surface area contributed by atoms with Gasteiger partial charge in [-0.3, -0.25) is 14.0 Å². The summed E-state index contributed by atoms with van der Waals surface area (Å²) in [6.45, 7) is 1.99. The number of hydrogen-bond acceptors (Lipinski definition) is 3. The molecule has 2 heterocycles. The van der Waals surface area contributed by atoms with E-state index in [1.165, 1.54) is 0 Å². The number of rotatable bonds is 4. The predicted molar refractivity (Wildman–Crippen MR) is 105 cm³/mol. The smallest absolute Gasteiger partial charge is 0.270 e. The van der Waals surface area contributed by atoms with Crippen molar-refractivity contribution >= 4 is 17.5 Å². The number of fused-ring (bicyclic) bond motifs is 2. The minimum Gasteiger partial charge on any atom is -0.349 e. The molecule has 142 valence electrons. The molecular weight excluding hydrogens is 352 g/mol. The van der Waals surface area contributed by atoms with Gasteiger partial charge in [0.05, 0.1) is 12.2 Å². The van der Waals surface area contributed by atoms with Crippen LogP contribution in [0.3, 0.4) is 0 Å². The van der Waals surface area contributed by atoms with Gasteiger partial charge in [0.15, 0.2) is 0 Å². The molecule has 1 saturated carbocycles. The van der Waals surface area contributed by atoms with Crippen LogP contribution in [0.4, 0.5) is 0 Å². The van der Waals surface area contributed by atoms with E-state index in [9.17, 15) is 9.59 Å². The first-order chi connectivity index (χ1) is 13.6. The summed E-state index contributed by atoms with van der Waals surface area (Å²) in [5.74, 6) is -0.134. The van der Waals surface area contributed by atoms with Gasteiger partial charge in [-0.25, -0.2) is 4.98 Å². The molecule has 0 radical (unpaired) electrons. The van der Waals surface area contributed by atoms with Gasteiger partial charge in [0.1, 0.15) is 11.3 Å². The van der Waals surface area contributed by atoms with Crippen molar-refractivity contribution in [1.29, 1.82) is 0 Å². The summed E-state index contributed by atoms with van der Waals surface area (Å²) in [4.78, 5) is 29.5. The summed E-state index contributed by atoms with van der Waals surface area (Å²) in [5.41, 5.74) is 5.31. The van der Waals surface area contributed by atoms with Crippen LogP contribution in [-0.4, -0.2) is 27.2 Å². The molecule has 0 saturated heterocycles. The van der Waals surface area contributed by atoms with E-state index in [1.807, 2.05) is 47.9 Å². The van der Waals surface area contributed by atoms with Crippen molar-refractivity contribution in [2.24, 2.45) is 0 Å². The van der Waals surface area contributed by atoms with Crippen molar-refractivity contribution in [3.05, 3.63) is 70.7 Å². The van der Waals surface area contributed by atoms with Crippen molar-refractivity contribution in [1.82, 2.24) is 20.0 Å². The van der Waals surface area contributed by atoms with E-state index in [0.29, 0.717) is 17.3 Å². The van der Waals surface area contributed by atoms with E-state index >= 15 is 0 Å². The first-order valence-corrected chi connectivity index (χ1v) is 9.77. The molecule has 5 rings (SSSR count). The zero-order valence-corrected chi connectivity index (χ0v) is 15.7. The number of nitrogens with zero attached hydrogens (tertiary/aromatic N) is 2. The maximum atomic E-state index is 12.9. The highest BCUT2D eigenvalue weighted by atomic mass is 16.2. The van der Waals surface area contributed by atoms with Crippen LogP contribution in [-0.2, 0) is 6.42 Å². The maximum Gasteiger partial charge on any atom is 0.270 e. The van der Waals surface area contributed by atoms with Gasteiger partial charge in [0, 0.05) is 17.8 Å². The second-order valence-corrected chi connectivity index (χ2v) is 7.80. The van der Waals surface area contributed by atoms with E-state index < -0.39 is 0 Å². The molecule has 2 N–H and O–H groups in total. The number of imidazole rings is 1. The highest BCUT2D eigenvalue weighted by Gasteiger charge is 2.28. The lowest BCUT2D eigenvalue weighted by molar-refractivity contribution is 0.0927. The van der Waals surface area contributed by atoms with Crippen LogP contribution in [0.25, 0.3) is 5.65 Å². The summed E-state index contributed by atoms with van der Waals surface area (Å²) in [5, 5.41) is 6.17. The molecule has 6 heteroatoms. The Morgan fingerprint density at radius 2 is 1.93 bits per heavy atom. The van der Waals surface area contributed by atoms with Gasteiger partial charge in [0.25, 0.3) is 11.8 Å². The van der Waals surface area contributed by atoms with Gasteiger partial charge in [-0.2, -0.15) is 0 Å². The minimum atomic E-state index is -0.133. The van der Waals surface area contributed by atoms with Gasteiger partial charge in [-0.15, -0.1) is 0 Å². The van der Waals surface area contributed by atoms with Crippen LogP contribution in [0.15, 0.2) is 42.7 Å². The number of hydrogen-bond donors (Lipinski definition) is 2. The lowest BCUT2D eigenvalue weighted by atomic mass is 10.0. The van der Waals surface area contributed by atoms with Crippen molar-refractivity contribution < 1.29 is 9.59 Å². The summed E-state index contributed by atoms with van der Waals surface area (Å²) >= 11 is 0. The lowest BCUT2D eigenvalue weighted by Crippen LogP contribution is -2.28. The third-order valence-electron chi connectivity index (χ3n) is 5.59. The fraction of sp³-hybridized carbons (Fsp3) is 0.318. The second kappa shape index (κ2) is 6.48. The van der Waals surface area contributed by atoms with Crippen molar-refractivity contribution in [3.8, 4) is 0 Å². The van der Waals surface area contributed by atoms with Gasteiger partial charge in [0.2, 0.25) is 0 Å². The zero-order valence-electron chi connectivity index (χ0n) is 15.7. The summed E-state index contributed by atoms with van der Waals surface area (Å²) in [6, 6.07) is 10.0. The fourth-order valence-corrected chi connectivity index (χ4v) is 3.89. The Labute approximate surface area is 163 Å². The highest BCUT2D eigenvalue weighted by molar-refractivity contribution is 5.95. The SMILES string of the molecule is Cc1ccc2ncc(C(=O)N[C@@H]3CCc4cc(C(=O)NC5CC5)ccc43)n2c1.